The van der Waals surface area contributed by atoms with Gasteiger partial charge in [-0.15, -0.1) is 0 Å². The van der Waals surface area contributed by atoms with E-state index in [2.05, 4.69) is 10.2 Å². The average Bonchev–Trinajstić information content (AvgIpc) is 2.53. The molecule has 1 aromatic rings. The average molecular weight is 317 g/mol. The summed E-state index contributed by atoms with van der Waals surface area (Å²) in [4.78, 5) is 28.5. The van der Waals surface area contributed by atoms with Crippen molar-refractivity contribution in [1.29, 1.82) is 0 Å². The first-order valence-corrected chi connectivity index (χ1v) is 8.35. The van der Waals surface area contributed by atoms with Gasteiger partial charge in [0.2, 0.25) is 11.8 Å². The number of carbonyl (C=O) groups is 2. The SMILES string of the molecule is CCC(=O)N1CCCC[C@@H]1C(=O)Nc1cccc(CN(C)C)c1. The first kappa shape index (κ1) is 17.5. The lowest BCUT2D eigenvalue weighted by molar-refractivity contribution is -0.140. The molecule has 1 saturated heterocycles. The molecule has 1 N–H and O–H groups in total. The Balaban J connectivity index is 2.06. The van der Waals surface area contributed by atoms with Crippen LogP contribution in [0.15, 0.2) is 24.3 Å². The van der Waals surface area contributed by atoms with Crippen LogP contribution in [0.2, 0.25) is 0 Å². The van der Waals surface area contributed by atoms with Gasteiger partial charge in [0.25, 0.3) is 0 Å². The van der Waals surface area contributed by atoms with Crippen molar-refractivity contribution < 1.29 is 9.59 Å². The van der Waals surface area contributed by atoms with Gasteiger partial charge in [-0.25, -0.2) is 0 Å². The third-order valence-corrected chi connectivity index (χ3v) is 4.12. The molecule has 1 atom stereocenters. The highest BCUT2D eigenvalue weighted by molar-refractivity contribution is 5.97. The topological polar surface area (TPSA) is 52.7 Å². The van der Waals surface area contributed by atoms with E-state index in [1.807, 2.05) is 45.3 Å². The molecule has 126 valence electrons. The number of piperidine rings is 1. The van der Waals surface area contributed by atoms with Crippen molar-refractivity contribution in [2.75, 3.05) is 26.0 Å². The summed E-state index contributed by atoms with van der Waals surface area (Å²) in [7, 11) is 4.03. The van der Waals surface area contributed by atoms with Crippen molar-refractivity contribution in [1.82, 2.24) is 9.80 Å². The van der Waals surface area contributed by atoms with Gasteiger partial charge in [0.15, 0.2) is 0 Å². The lowest BCUT2D eigenvalue weighted by atomic mass is 10.0. The second kappa shape index (κ2) is 8.11. The fourth-order valence-corrected chi connectivity index (χ4v) is 3.04. The Morgan fingerprint density at radius 1 is 1.30 bits per heavy atom. The van der Waals surface area contributed by atoms with Crippen LogP contribution in [0.4, 0.5) is 5.69 Å². The van der Waals surface area contributed by atoms with Gasteiger partial charge in [0.05, 0.1) is 0 Å². The van der Waals surface area contributed by atoms with Crippen molar-refractivity contribution in [2.45, 2.75) is 45.2 Å². The Morgan fingerprint density at radius 3 is 2.78 bits per heavy atom. The standard InChI is InChI=1S/C18H27N3O2/c1-4-17(22)21-11-6-5-10-16(21)18(23)19-15-9-7-8-14(12-15)13-20(2)3/h7-9,12,16H,4-6,10-11,13H2,1-3H3,(H,19,23)/t16-/m1/s1. The molecule has 1 aliphatic rings. The van der Waals surface area contributed by atoms with Crippen molar-refractivity contribution in [3.63, 3.8) is 0 Å². The lowest BCUT2D eigenvalue weighted by Crippen LogP contribution is -2.49. The van der Waals surface area contributed by atoms with Crippen LogP contribution in [0.3, 0.4) is 0 Å². The van der Waals surface area contributed by atoms with Gasteiger partial charge < -0.3 is 15.1 Å². The number of nitrogens with zero attached hydrogens (tertiary/aromatic N) is 2. The maximum Gasteiger partial charge on any atom is 0.247 e. The molecule has 2 amide bonds. The Kier molecular flexibility index (Phi) is 6.16. The minimum absolute atomic E-state index is 0.0613. The lowest BCUT2D eigenvalue weighted by Gasteiger charge is -2.34. The smallest absolute Gasteiger partial charge is 0.247 e. The Morgan fingerprint density at radius 2 is 2.09 bits per heavy atom. The van der Waals surface area contributed by atoms with Crippen LogP contribution in [0.25, 0.3) is 0 Å². The van der Waals surface area contributed by atoms with E-state index in [0.29, 0.717) is 13.0 Å². The maximum atomic E-state index is 12.6. The Bertz CT molecular complexity index is 557. The second-order valence-corrected chi connectivity index (χ2v) is 6.38. The van der Waals surface area contributed by atoms with Gasteiger partial charge in [-0.05, 0) is 51.1 Å². The van der Waals surface area contributed by atoms with E-state index in [0.717, 1.165) is 37.1 Å². The van der Waals surface area contributed by atoms with Crippen LogP contribution >= 0.6 is 0 Å². The number of amides is 2. The predicted octanol–water partition coefficient (Wildman–Crippen LogP) is 2.48. The Hall–Kier alpha value is -1.88. The summed E-state index contributed by atoms with van der Waals surface area (Å²) in [5, 5.41) is 2.98. The van der Waals surface area contributed by atoms with Crippen molar-refractivity contribution in [3.05, 3.63) is 29.8 Å². The molecule has 23 heavy (non-hydrogen) atoms. The molecule has 1 heterocycles. The van der Waals surface area contributed by atoms with Gasteiger partial charge in [0, 0.05) is 25.2 Å². The van der Waals surface area contributed by atoms with Crippen LogP contribution in [-0.4, -0.2) is 48.3 Å². The number of anilines is 1. The van der Waals surface area contributed by atoms with Crippen molar-refractivity contribution in [2.24, 2.45) is 0 Å². The maximum absolute atomic E-state index is 12.6. The van der Waals surface area contributed by atoms with Gasteiger partial charge in [-0.1, -0.05) is 19.1 Å². The molecule has 0 aliphatic carbocycles. The summed E-state index contributed by atoms with van der Waals surface area (Å²) in [6, 6.07) is 7.54. The molecule has 0 spiro atoms. The van der Waals surface area contributed by atoms with Crippen LogP contribution < -0.4 is 5.32 Å². The van der Waals surface area contributed by atoms with E-state index in [4.69, 9.17) is 0 Å². The minimum Gasteiger partial charge on any atom is -0.331 e. The number of hydrogen-bond acceptors (Lipinski definition) is 3. The molecule has 2 rings (SSSR count). The third kappa shape index (κ3) is 4.79. The van der Waals surface area contributed by atoms with Gasteiger partial charge >= 0.3 is 0 Å². The molecule has 5 heteroatoms. The number of carbonyl (C=O) groups excluding carboxylic acids is 2. The number of likely N-dealkylation sites (tertiary alicyclic amines) is 1. The monoisotopic (exact) mass is 317 g/mol. The number of hydrogen-bond donors (Lipinski definition) is 1. The van der Waals surface area contributed by atoms with E-state index in [1.54, 1.807) is 4.90 Å². The molecular formula is C18H27N3O2. The zero-order valence-electron chi connectivity index (χ0n) is 14.3. The van der Waals surface area contributed by atoms with Gasteiger partial charge in [0.1, 0.15) is 6.04 Å². The van der Waals surface area contributed by atoms with Crippen LogP contribution in [0, 0.1) is 0 Å². The molecule has 0 radical (unpaired) electrons. The largest absolute Gasteiger partial charge is 0.331 e. The molecule has 0 aromatic heterocycles. The highest BCUT2D eigenvalue weighted by atomic mass is 16.2. The second-order valence-electron chi connectivity index (χ2n) is 6.38. The van der Waals surface area contributed by atoms with Gasteiger partial charge in [-0.2, -0.15) is 0 Å². The molecule has 1 fully saturated rings. The van der Waals surface area contributed by atoms with E-state index in [-0.39, 0.29) is 17.9 Å². The number of nitrogens with one attached hydrogen (secondary N) is 1. The first-order valence-electron chi connectivity index (χ1n) is 8.35. The van der Waals surface area contributed by atoms with E-state index in [1.165, 1.54) is 0 Å². The number of rotatable bonds is 5. The highest BCUT2D eigenvalue weighted by Gasteiger charge is 2.31. The molecule has 1 aliphatic heterocycles. The number of benzene rings is 1. The van der Waals surface area contributed by atoms with Crippen LogP contribution in [-0.2, 0) is 16.1 Å². The normalized spacial score (nSPS) is 18.1. The summed E-state index contributed by atoms with van der Waals surface area (Å²) < 4.78 is 0. The summed E-state index contributed by atoms with van der Waals surface area (Å²) >= 11 is 0. The highest BCUT2D eigenvalue weighted by Crippen LogP contribution is 2.20. The third-order valence-electron chi connectivity index (χ3n) is 4.12. The molecule has 0 bridgehead atoms. The molecule has 1 aromatic carbocycles. The first-order chi connectivity index (χ1) is 11.0. The predicted molar refractivity (Wildman–Crippen MR) is 92.1 cm³/mol. The summed E-state index contributed by atoms with van der Waals surface area (Å²) in [6.07, 6.45) is 3.16. The van der Waals surface area contributed by atoms with Gasteiger partial charge in [-0.3, -0.25) is 9.59 Å². The quantitative estimate of drug-likeness (QED) is 0.908. The molecule has 0 unspecified atom stereocenters. The fourth-order valence-electron chi connectivity index (χ4n) is 3.04. The summed E-state index contributed by atoms with van der Waals surface area (Å²) in [6.45, 7) is 3.36. The van der Waals surface area contributed by atoms with E-state index >= 15 is 0 Å². The zero-order valence-corrected chi connectivity index (χ0v) is 14.3. The van der Waals surface area contributed by atoms with Crippen molar-refractivity contribution >= 4 is 17.5 Å². The fraction of sp³-hybridized carbons (Fsp3) is 0.556. The summed E-state index contributed by atoms with van der Waals surface area (Å²) in [5.41, 5.74) is 1.95. The molecule has 5 nitrogen and oxygen atoms in total. The van der Waals surface area contributed by atoms with E-state index in [9.17, 15) is 9.59 Å². The molecule has 0 saturated carbocycles. The van der Waals surface area contributed by atoms with Crippen molar-refractivity contribution in [3.8, 4) is 0 Å². The minimum atomic E-state index is -0.339. The summed E-state index contributed by atoms with van der Waals surface area (Å²) in [5.74, 6) is -0.0142. The van der Waals surface area contributed by atoms with Crippen LogP contribution in [0.1, 0.15) is 38.2 Å². The molecular weight excluding hydrogens is 290 g/mol. The van der Waals surface area contributed by atoms with E-state index < -0.39 is 0 Å². The van der Waals surface area contributed by atoms with Crippen LogP contribution in [0.5, 0.6) is 0 Å². The Labute approximate surface area is 138 Å². The zero-order chi connectivity index (χ0) is 16.8.